The zero-order valence-corrected chi connectivity index (χ0v) is 8.34. The molecule has 0 aromatic rings. The summed E-state index contributed by atoms with van der Waals surface area (Å²) in [7, 11) is 0. The Balaban J connectivity index is 3.36. The van der Waals surface area contributed by atoms with Crippen LogP contribution in [0, 0.1) is 5.92 Å². The molecule has 0 amide bonds. The molecule has 0 rings (SSSR count). The van der Waals surface area contributed by atoms with Crippen molar-refractivity contribution in [1.82, 2.24) is 0 Å². The maximum absolute atomic E-state index is 10.1. The quantitative estimate of drug-likeness (QED) is 0.623. The lowest BCUT2D eigenvalue weighted by molar-refractivity contribution is -0.108. The standard InChI is InChI=1S/C10H20O2/c1-9(6-8-11)5-4-7-10(2,3)12/h8-9,12H,4-7H2,1-3H3/t9-/m0/s1. The van der Waals surface area contributed by atoms with Gasteiger partial charge in [-0.25, -0.2) is 0 Å². The third kappa shape index (κ3) is 7.73. The topological polar surface area (TPSA) is 37.3 Å². The minimum absolute atomic E-state index is 0.463. The van der Waals surface area contributed by atoms with Gasteiger partial charge in [-0.1, -0.05) is 19.8 Å². The normalized spacial score (nSPS) is 14.3. The number of carbonyl (C=O) groups is 1. The van der Waals surface area contributed by atoms with Gasteiger partial charge < -0.3 is 9.90 Å². The molecule has 2 nitrogen and oxygen atoms in total. The molecular formula is C10H20O2. The van der Waals surface area contributed by atoms with E-state index < -0.39 is 5.60 Å². The third-order valence-electron chi connectivity index (χ3n) is 1.98. The lowest BCUT2D eigenvalue weighted by Gasteiger charge is -2.17. The highest BCUT2D eigenvalue weighted by molar-refractivity contribution is 5.49. The molecule has 72 valence electrons. The highest BCUT2D eigenvalue weighted by Crippen LogP contribution is 2.16. The first kappa shape index (κ1) is 11.6. The molecule has 0 spiro atoms. The summed E-state index contributed by atoms with van der Waals surface area (Å²) in [6.07, 6.45) is 4.46. The van der Waals surface area contributed by atoms with Crippen LogP contribution in [-0.4, -0.2) is 17.0 Å². The minimum atomic E-state index is -0.555. The number of aldehydes is 1. The zero-order valence-electron chi connectivity index (χ0n) is 8.34. The lowest BCUT2D eigenvalue weighted by Crippen LogP contribution is -2.18. The van der Waals surface area contributed by atoms with Crippen LogP contribution in [0.2, 0.25) is 0 Å². The van der Waals surface area contributed by atoms with Crippen molar-refractivity contribution in [1.29, 1.82) is 0 Å². The first-order valence-electron chi connectivity index (χ1n) is 4.61. The molecule has 0 heterocycles. The molecule has 0 aliphatic carbocycles. The second-order valence-electron chi connectivity index (χ2n) is 4.21. The van der Waals surface area contributed by atoms with Crippen molar-refractivity contribution in [2.45, 2.75) is 52.1 Å². The molecule has 1 N–H and O–H groups in total. The third-order valence-corrected chi connectivity index (χ3v) is 1.98. The first-order valence-corrected chi connectivity index (χ1v) is 4.61. The Morgan fingerprint density at radius 3 is 2.50 bits per heavy atom. The van der Waals surface area contributed by atoms with Crippen LogP contribution < -0.4 is 0 Å². The van der Waals surface area contributed by atoms with E-state index in [1.165, 1.54) is 0 Å². The second kappa shape index (κ2) is 5.31. The van der Waals surface area contributed by atoms with Gasteiger partial charge in [-0.3, -0.25) is 0 Å². The van der Waals surface area contributed by atoms with E-state index in [4.69, 9.17) is 0 Å². The van der Waals surface area contributed by atoms with Crippen molar-refractivity contribution in [2.24, 2.45) is 5.92 Å². The summed E-state index contributed by atoms with van der Waals surface area (Å²) in [6.45, 7) is 5.70. The Bertz CT molecular complexity index is 124. The molecule has 0 aromatic carbocycles. The number of hydrogen-bond donors (Lipinski definition) is 1. The number of rotatable bonds is 6. The van der Waals surface area contributed by atoms with Gasteiger partial charge in [0.1, 0.15) is 6.29 Å². The van der Waals surface area contributed by atoms with E-state index >= 15 is 0 Å². The van der Waals surface area contributed by atoms with Gasteiger partial charge >= 0.3 is 0 Å². The van der Waals surface area contributed by atoms with E-state index in [-0.39, 0.29) is 0 Å². The van der Waals surface area contributed by atoms with E-state index in [0.717, 1.165) is 25.5 Å². The highest BCUT2D eigenvalue weighted by atomic mass is 16.3. The van der Waals surface area contributed by atoms with Crippen molar-refractivity contribution in [3.63, 3.8) is 0 Å². The van der Waals surface area contributed by atoms with Crippen LogP contribution in [0.4, 0.5) is 0 Å². The molecule has 0 aromatic heterocycles. The maximum Gasteiger partial charge on any atom is 0.120 e. The van der Waals surface area contributed by atoms with E-state index in [1.807, 2.05) is 13.8 Å². The van der Waals surface area contributed by atoms with Crippen molar-refractivity contribution < 1.29 is 9.90 Å². The van der Waals surface area contributed by atoms with Crippen molar-refractivity contribution in [3.8, 4) is 0 Å². The molecule has 0 aliphatic rings. The van der Waals surface area contributed by atoms with Crippen LogP contribution in [0.3, 0.4) is 0 Å². The zero-order chi connectivity index (χ0) is 9.61. The summed E-state index contributed by atoms with van der Waals surface area (Å²) < 4.78 is 0. The number of carbonyl (C=O) groups excluding carboxylic acids is 1. The van der Waals surface area contributed by atoms with E-state index in [1.54, 1.807) is 0 Å². The SMILES string of the molecule is C[C@H](CC=O)CCCC(C)(C)O. The Labute approximate surface area is 75.0 Å². The van der Waals surface area contributed by atoms with Crippen LogP contribution in [0.15, 0.2) is 0 Å². The maximum atomic E-state index is 10.1. The molecule has 12 heavy (non-hydrogen) atoms. The first-order chi connectivity index (χ1) is 5.45. The van der Waals surface area contributed by atoms with Crippen LogP contribution in [0.5, 0.6) is 0 Å². The largest absolute Gasteiger partial charge is 0.390 e. The van der Waals surface area contributed by atoms with Gasteiger partial charge in [-0.2, -0.15) is 0 Å². The lowest BCUT2D eigenvalue weighted by atomic mass is 9.96. The molecule has 0 bridgehead atoms. The molecule has 0 saturated carbocycles. The number of hydrogen-bond acceptors (Lipinski definition) is 2. The van der Waals surface area contributed by atoms with Gasteiger partial charge in [0.05, 0.1) is 5.60 Å². The van der Waals surface area contributed by atoms with Gasteiger partial charge in [0, 0.05) is 6.42 Å². The average Bonchev–Trinajstić information content (AvgIpc) is 1.84. The second-order valence-corrected chi connectivity index (χ2v) is 4.21. The molecule has 0 fully saturated rings. The van der Waals surface area contributed by atoms with E-state index in [9.17, 15) is 9.90 Å². The predicted octanol–water partition coefficient (Wildman–Crippen LogP) is 2.15. The van der Waals surface area contributed by atoms with Crippen molar-refractivity contribution in [3.05, 3.63) is 0 Å². The van der Waals surface area contributed by atoms with Crippen LogP contribution in [0.25, 0.3) is 0 Å². The summed E-state index contributed by atoms with van der Waals surface area (Å²) >= 11 is 0. The van der Waals surface area contributed by atoms with E-state index in [2.05, 4.69) is 6.92 Å². The van der Waals surface area contributed by atoms with Gasteiger partial charge in [0.2, 0.25) is 0 Å². The summed E-state index contributed by atoms with van der Waals surface area (Å²) in [5.41, 5.74) is -0.555. The fraction of sp³-hybridized carbons (Fsp3) is 0.900. The highest BCUT2D eigenvalue weighted by Gasteiger charge is 2.12. The summed E-state index contributed by atoms with van der Waals surface area (Å²) in [5, 5.41) is 9.39. The Morgan fingerprint density at radius 1 is 1.50 bits per heavy atom. The molecule has 0 saturated heterocycles. The van der Waals surface area contributed by atoms with Crippen molar-refractivity contribution in [2.75, 3.05) is 0 Å². The predicted molar refractivity (Wildman–Crippen MR) is 50.0 cm³/mol. The van der Waals surface area contributed by atoms with Gasteiger partial charge in [-0.15, -0.1) is 0 Å². The molecule has 0 unspecified atom stereocenters. The Kier molecular flexibility index (Phi) is 5.14. The average molecular weight is 172 g/mol. The minimum Gasteiger partial charge on any atom is -0.390 e. The van der Waals surface area contributed by atoms with E-state index in [0.29, 0.717) is 12.3 Å². The Morgan fingerprint density at radius 2 is 2.08 bits per heavy atom. The summed E-state index contributed by atoms with van der Waals surface area (Å²) in [5.74, 6) is 0.463. The smallest absolute Gasteiger partial charge is 0.120 e. The van der Waals surface area contributed by atoms with Crippen LogP contribution in [-0.2, 0) is 4.79 Å². The molecule has 2 heteroatoms. The van der Waals surface area contributed by atoms with Crippen LogP contribution in [0.1, 0.15) is 46.5 Å². The van der Waals surface area contributed by atoms with Gasteiger partial charge in [-0.05, 0) is 26.2 Å². The van der Waals surface area contributed by atoms with Gasteiger partial charge in [0.25, 0.3) is 0 Å². The van der Waals surface area contributed by atoms with Crippen molar-refractivity contribution >= 4 is 6.29 Å². The fourth-order valence-electron chi connectivity index (χ4n) is 1.17. The van der Waals surface area contributed by atoms with Crippen LogP contribution >= 0.6 is 0 Å². The molecule has 0 aliphatic heterocycles. The molecular weight excluding hydrogens is 152 g/mol. The fourth-order valence-corrected chi connectivity index (χ4v) is 1.17. The summed E-state index contributed by atoms with van der Waals surface area (Å²) in [6, 6.07) is 0. The molecule has 0 radical (unpaired) electrons. The Hall–Kier alpha value is -0.370. The van der Waals surface area contributed by atoms with Gasteiger partial charge in [0.15, 0.2) is 0 Å². The summed E-state index contributed by atoms with van der Waals surface area (Å²) in [4.78, 5) is 10.1. The number of aliphatic hydroxyl groups is 1. The molecule has 1 atom stereocenters. The monoisotopic (exact) mass is 172 g/mol.